The van der Waals surface area contributed by atoms with Gasteiger partial charge < -0.3 is 4.90 Å². The smallest absolute Gasteiger partial charge is 0.0307 e. The van der Waals surface area contributed by atoms with E-state index in [-0.39, 0.29) is 0 Å². The van der Waals surface area contributed by atoms with E-state index >= 15 is 0 Å². The Balaban J connectivity index is 1.77. The van der Waals surface area contributed by atoms with Crippen molar-refractivity contribution in [2.45, 2.75) is 26.9 Å². The Bertz CT molecular complexity index is 383. The number of hydrogen-bond acceptors (Lipinski definition) is 4. The van der Waals surface area contributed by atoms with E-state index in [9.17, 15) is 0 Å². The summed E-state index contributed by atoms with van der Waals surface area (Å²) in [4.78, 5) is 5.14. The highest BCUT2D eigenvalue weighted by molar-refractivity contribution is 7.78. The first-order valence-corrected chi connectivity index (χ1v) is 8.01. The van der Waals surface area contributed by atoms with E-state index in [2.05, 4.69) is 65.4 Å². The van der Waals surface area contributed by atoms with Gasteiger partial charge in [-0.05, 0) is 17.0 Å². The van der Waals surface area contributed by atoms with Gasteiger partial charge in [-0.25, -0.2) is 0 Å². The largest absolute Gasteiger partial charge is 0.301 e. The maximum Gasteiger partial charge on any atom is 0.0307 e. The summed E-state index contributed by atoms with van der Waals surface area (Å²) in [6.07, 6.45) is 0. The van der Waals surface area contributed by atoms with Crippen LogP contribution in [0.25, 0.3) is 0 Å². The number of rotatable bonds is 6. The van der Waals surface area contributed by atoms with Gasteiger partial charge in [-0.3, -0.25) is 9.62 Å². The fourth-order valence-electron chi connectivity index (χ4n) is 2.76. The molecule has 112 valence electrons. The van der Waals surface area contributed by atoms with Crippen LogP contribution in [0.1, 0.15) is 25.0 Å². The summed E-state index contributed by atoms with van der Waals surface area (Å²) in [5.74, 6) is 0.773. The number of hydrogen-bond donors (Lipinski definition) is 2. The van der Waals surface area contributed by atoms with Gasteiger partial charge in [-0.1, -0.05) is 50.9 Å². The van der Waals surface area contributed by atoms with Crippen molar-refractivity contribution in [3.05, 3.63) is 35.4 Å². The molecule has 1 fully saturated rings. The van der Waals surface area contributed by atoms with E-state index in [1.54, 1.807) is 0 Å². The molecular weight excluding hydrogens is 266 g/mol. The minimum atomic E-state index is 0.773. The molecule has 1 saturated heterocycles. The van der Waals surface area contributed by atoms with Crippen LogP contribution in [0.4, 0.5) is 0 Å². The van der Waals surface area contributed by atoms with E-state index in [1.165, 1.54) is 43.9 Å². The number of benzene rings is 1. The summed E-state index contributed by atoms with van der Waals surface area (Å²) in [5, 5.41) is 0. The summed E-state index contributed by atoms with van der Waals surface area (Å²) in [7, 11) is 0. The van der Waals surface area contributed by atoms with Crippen molar-refractivity contribution in [2.24, 2.45) is 5.92 Å². The summed E-state index contributed by atoms with van der Waals surface area (Å²) < 4.78 is 2.88. The quantitative estimate of drug-likeness (QED) is 0.785. The van der Waals surface area contributed by atoms with Gasteiger partial charge in [0.1, 0.15) is 0 Å². The summed E-state index contributed by atoms with van der Waals surface area (Å²) in [6, 6.07) is 8.85. The van der Waals surface area contributed by atoms with Crippen molar-refractivity contribution in [3.63, 3.8) is 0 Å². The van der Waals surface area contributed by atoms with Crippen molar-refractivity contribution in [2.75, 3.05) is 32.7 Å². The first kappa shape index (κ1) is 15.8. The lowest BCUT2D eigenvalue weighted by molar-refractivity contribution is 0.117. The third-order valence-corrected chi connectivity index (χ3v) is 3.96. The minimum absolute atomic E-state index is 0.773. The lowest BCUT2D eigenvalue weighted by atomic mass is 10.1. The third-order valence-electron chi connectivity index (χ3n) is 3.80. The first-order chi connectivity index (χ1) is 9.67. The molecule has 1 aromatic carbocycles. The SMILES string of the molecule is CC(C)CN1CCN(Cc2ccc(CNS)cc2)CC1. The lowest BCUT2D eigenvalue weighted by Crippen LogP contribution is -2.46. The van der Waals surface area contributed by atoms with Crippen LogP contribution in [-0.4, -0.2) is 42.5 Å². The van der Waals surface area contributed by atoms with Gasteiger partial charge in [0.05, 0.1) is 0 Å². The Morgan fingerprint density at radius 1 is 1.00 bits per heavy atom. The van der Waals surface area contributed by atoms with Crippen LogP contribution in [0, 0.1) is 5.92 Å². The molecule has 0 saturated carbocycles. The second-order valence-electron chi connectivity index (χ2n) is 6.12. The van der Waals surface area contributed by atoms with Crippen LogP contribution in [0.5, 0.6) is 0 Å². The van der Waals surface area contributed by atoms with Gasteiger partial charge in [0, 0.05) is 45.8 Å². The molecule has 1 aliphatic rings. The fourth-order valence-corrected chi connectivity index (χ4v) is 2.94. The highest BCUT2D eigenvalue weighted by Crippen LogP contribution is 2.11. The predicted molar refractivity (Wildman–Crippen MR) is 88.8 cm³/mol. The lowest BCUT2D eigenvalue weighted by Gasteiger charge is -2.35. The van der Waals surface area contributed by atoms with Crippen LogP contribution in [-0.2, 0) is 13.1 Å². The van der Waals surface area contributed by atoms with E-state index < -0.39 is 0 Å². The fraction of sp³-hybridized carbons (Fsp3) is 0.625. The number of nitrogens with zero attached hydrogens (tertiary/aromatic N) is 2. The van der Waals surface area contributed by atoms with Crippen LogP contribution in [0.2, 0.25) is 0 Å². The van der Waals surface area contributed by atoms with Gasteiger partial charge in [0.15, 0.2) is 0 Å². The van der Waals surface area contributed by atoms with E-state index in [0.717, 1.165) is 19.0 Å². The molecule has 3 nitrogen and oxygen atoms in total. The molecule has 1 heterocycles. The predicted octanol–water partition coefficient (Wildman–Crippen LogP) is 2.39. The zero-order chi connectivity index (χ0) is 14.4. The molecule has 0 bridgehead atoms. The Labute approximate surface area is 128 Å². The van der Waals surface area contributed by atoms with E-state index in [1.807, 2.05) is 0 Å². The van der Waals surface area contributed by atoms with Crippen molar-refractivity contribution in [1.29, 1.82) is 0 Å². The first-order valence-electron chi connectivity index (χ1n) is 7.57. The third kappa shape index (κ3) is 5.09. The van der Waals surface area contributed by atoms with Gasteiger partial charge >= 0.3 is 0 Å². The molecule has 0 unspecified atom stereocenters. The molecule has 1 aliphatic heterocycles. The van der Waals surface area contributed by atoms with Crippen molar-refractivity contribution in [3.8, 4) is 0 Å². The molecule has 0 spiro atoms. The standard InChI is InChI=1S/C16H27N3S/c1-14(2)12-18-7-9-19(10-8-18)13-16-5-3-15(4-6-16)11-17-20/h3-6,14,17,20H,7-13H2,1-2H3. The molecule has 0 aliphatic carbocycles. The van der Waals surface area contributed by atoms with E-state index in [4.69, 9.17) is 0 Å². The second-order valence-corrected chi connectivity index (χ2v) is 6.44. The molecule has 1 N–H and O–H groups in total. The Morgan fingerprint density at radius 2 is 1.55 bits per heavy atom. The Morgan fingerprint density at radius 3 is 2.10 bits per heavy atom. The molecule has 4 heteroatoms. The average molecular weight is 293 g/mol. The number of nitrogens with one attached hydrogen (secondary N) is 1. The Kier molecular flexibility index (Phi) is 6.36. The van der Waals surface area contributed by atoms with Crippen molar-refractivity contribution >= 4 is 12.8 Å². The average Bonchev–Trinajstić information content (AvgIpc) is 2.43. The molecule has 1 aromatic rings. The maximum absolute atomic E-state index is 4.03. The summed E-state index contributed by atoms with van der Waals surface area (Å²) in [5.41, 5.74) is 2.69. The monoisotopic (exact) mass is 293 g/mol. The van der Waals surface area contributed by atoms with Gasteiger partial charge in [0.2, 0.25) is 0 Å². The van der Waals surface area contributed by atoms with E-state index in [0.29, 0.717) is 0 Å². The molecular formula is C16H27N3S. The van der Waals surface area contributed by atoms with Crippen LogP contribution in [0.15, 0.2) is 24.3 Å². The maximum atomic E-state index is 4.03. The highest BCUT2D eigenvalue weighted by atomic mass is 32.1. The molecule has 20 heavy (non-hydrogen) atoms. The highest BCUT2D eigenvalue weighted by Gasteiger charge is 2.17. The van der Waals surface area contributed by atoms with Crippen molar-refractivity contribution in [1.82, 2.24) is 14.5 Å². The van der Waals surface area contributed by atoms with Crippen LogP contribution in [0.3, 0.4) is 0 Å². The summed E-state index contributed by atoms with van der Waals surface area (Å²) in [6.45, 7) is 12.5. The van der Waals surface area contributed by atoms with Crippen LogP contribution >= 0.6 is 12.8 Å². The van der Waals surface area contributed by atoms with Crippen molar-refractivity contribution < 1.29 is 0 Å². The minimum Gasteiger partial charge on any atom is -0.301 e. The summed E-state index contributed by atoms with van der Waals surface area (Å²) >= 11 is 4.03. The normalized spacial score (nSPS) is 17.8. The number of thiol groups is 1. The van der Waals surface area contributed by atoms with Crippen LogP contribution < -0.4 is 4.72 Å². The molecule has 0 amide bonds. The van der Waals surface area contributed by atoms with Gasteiger partial charge in [-0.2, -0.15) is 0 Å². The van der Waals surface area contributed by atoms with Gasteiger partial charge in [-0.15, -0.1) is 0 Å². The zero-order valence-electron chi connectivity index (χ0n) is 12.7. The molecule has 0 aromatic heterocycles. The topological polar surface area (TPSA) is 18.5 Å². The van der Waals surface area contributed by atoms with Gasteiger partial charge in [0.25, 0.3) is 0 Å². The molecule has 0 radical (unpaired) electrons. The number of piperazine rings is 1. The molecule has 0 atom stereocenters. The Hall–Kier alpha value is -0.550. The zero-order valence-corrected chi connectivity index (χ0v) is 13.6. The molecule has 2 rings (SSSR count). The second kappa shape index (κ2) is 8.03.